The number of amides is 4. The fraction of sp³-hybridized carbons (Fsp3) is 0.750. The van der Waals surface area contributed by atoms with Crippen LogP contribution in [0.25, 0.3) is 0 Å². The summed E-state index contributed by atoms with van der Waals surface area (Å²) in [6.07, 6.45) is 0.246. The zero-order chi connectivity index (χ0) is 21.4. The van der Waals surface area contributed by atoms with E-state index >= 15 is 0 Å². The Morgan fingerprint density at radius 2 is 1.75 bits per heavy atom. The molecule has 0 aromatic rings. The van der Waals surface area contributed by atoms with Crippen molar-refractivity contribution < 1.29 is 28.7 Å². The van der Waals surface area contributed by atoms with Crippen molar-refractivity contribution in [2.75, 3.05) is 58.4 Å². The summed E-state index contributed by atoms with van der Waals surface area (Å²) in [5.41, 5.74) is 10.6. The van der Waals surface area contributed by atoms with Crippen LogP contribution in [-0.4, -0.2) is 92.9 Å². The zero-order valence-corrected chi connectivity index (χ0v) is 17.0. The van der Waals surface area contributed by atoms with Gasteiger partial charge in [-0.2, -0.15) is 12.6 Å². The molecule has 0 rings (SSSR count). The summed E-state index contributed by atoms with van der Waals surface area (Å²) in [6, 6.07) is -0.645. The molecule has 0 saturated carbocycles. The van der Waals surface area contributed by atoms with Crippen molar-refractivity contribution in [3.05, 3.63) is 0 Å². The second-order valence-electron chi connectivity index (χ2n) is 5.73. The number of hydrogen-bond acceptors (Lipinski definition) is 8. The second kappa shape index (κ2) is 16.1. The highest BCUT2D eigenvalue weighted by Gasteiger charge is 2.14. The highest BCUT2D eigenvalue weighted by atomic mass is 32.1. The molecule has 0 heterocycles. The average molecular weight is 422 g/mol. The summed E-state index contributed by atoms with van der Waals surface area (Å²) in [4.78, 5) is 46.9. The number of rotatable bonds is 16. The molecule has 0 aliphatic rings. The number of ether oxygens (including phenoxy) is 2. The van der Waals surface area contributed by atoms with Crippen LogP contribution >= 0.6 is 12.6 Å². The lowest BCUT2D eigenvalue weighted by Gasteiger charge is -2.20. The largest absolute Gasteiger partial charge is 0.377 e. The molecule has 0 aromatic carbocycles. The third kappa shape index (κ3) is 13.3. The van der Waals surface area contributed by atoms with Crippen molar-refractivity contribution in [3.63, 3.8) is 0 Å². The molecule has 6 N–H and O–H groups in total. The molecule has 1 atom stereocenters. The maximum atomic E-state index is 11.7. The summed E-state index contributed by atoms with van der Waals surface area (Å²) < 4.78 is 10.4. The average Bonchev–Trinajstić information content (AvgIpc) is 2.67. The molecule has 0 aromatic heterocycles. The molecule has 0 aliphatic carbocycles. The number of hydrogen-bond donors (Lipinski definition) is 5. The monoisotopic (exact) mass is 421 g/mol. The van der Waals surface area contributed by atoms with E-state index in [1.807, 2.05) is 0 Å². The van der Waals surface area contributed by atoms with E-state index in [1.54, 1.807) is 6.92 Å². The molecular weight excluding hydrogens is 390 g/mol. The molecule has 12 heteroatoms. The smallest absolute Gasteiger partial charge is 0.246 e. The van der Waals surface area contributed by atoms with Crippen LogP contribution in [0.5, 0.6) is 0 Å². The van der Waals surface area contributed by atoms with E-state index in [0.717, 1.165) is 0 Å². The third-order valence-corrected chi connectivity index (χ3v) is 3.78. The molecule has 0 fully saturated rings. The lowest BCUT2D eigenvalue weighted by Crippen LogP contribution is -2.43. The van der Waals surface area contributed by atoms with E-state index in [2.05, 4.69) is 23.3 Å². The van der Waals surface area contributed by atoms with Crippen LogP contribution < -0.4 is 22.1 Å². The van der Waals surface area contributed by atoms with Gasteiger partial charge in [-0.1, -0.05) is 6.92 Å². The van der Waals surface area contributed by atoms with Crippen LogP contribution in [0.15, 0.2) is 0 Å². The van der Waals surface area contributed by atoms with Gasteiger partial charge in [0.1, 0.15) is 6.61 Å². The minimum atomic E-state index is -0.645. The summed E-state index contributed by atoms with van der Waals surface area (Å²) in [7, 11) is 0. The van der Waals surface area contributed by atoms with Gasteiger partial charge in [-0.3, -0.25) is 19.2 Å². The fourth-order valence-electron chi connectivity index (χ4n) is 1.93. The third-order valence-electron chi connectivity index (χ3n) is 3.39. The van der Waals surface area contributed by atoms with Gasteiger partial charge < -0.3 is 36.5 Å². The van der Waals surface area contributed by atoms with E-state index in [0.29, 0.717) is 13.2 Å². The van der Waals surface area contributed by atoms with Gasteiger partial charge in [-0.15, -0.1) is 0 Å². The van der Waals surface area contributed by atoms with E-state index in [9.17, 15) is 19.2 Å². The van der Waals surface area contributed by atoms with Crippen molar-refractivity contribution in [3.8, 4) is 0 Å². The first-order valence-corrected chi connectivity index (χ1v) is 9.57. The molecule has 28 heavy (non-hydrogen) atoms. The maximum Gasteiger partial charge on any atom is 0.246 e. The Morgan fingerprint density at radius 3 is 2.36 bits per heavy atom. The second-order valence-corrected chi connectivity index (χ2v) is 6.10. The van der Waals surface area contributed by atoms with Crippen molar-refractivity contribution in [1.29, 1.82) is 0 Å². The van der Waals surface area contributed by atoms with Crippen LogP contribution in [-0.2, 0) is 28.7 Å². The van der Waals surface area contributed by atoms with Gasteiger partial charge in [0.15, 0.2) is 0 Å². The van der Waals surface area contributed by atoms with Crippen molar-refractivity contribution >= 4 is 36.3 Å². The predicted octanol–water partition coefficient (Wildman–Crippen LogP) is -2.77. The number of nitrogens with one attached hydrogen (secondary N) is 2. The maximum absolute atomic E-state index is 11.7. The molecule has 0 spiro atoms. The Bertz CT molecular complexity index is 508. The lowest BCUT2D eigenvalue weighted by molar-refractivity contribution is -0.135. The number of carbonyl (C=O) groups excluding carboxylic acids is 4. The Labute approximate surface area is 170 Å². The summed E-state index contributed by atoms with van der Waals surface area (Å²) in [5, 5.41) is 5.19. The predicted molar refractivity (Wildman–Crippen MR) is 106 cm³/mol. The first kappa shape index (κ1) is 26.1. The van der Waals surface area contributed by atoms with Crippen LogP contribution in [0.3, 0.4) is 0 Å². The Morgan fingerprint density at radius 1 is 1.07 bits per heavy atom. The van der Waals surface area contributed by atoms with Gasteiger partial charge in [0, 0.05) is 31.8 Å². The molecule has 0 bridgehead atoms. The Balaban J connectivity index is 3.70. The van der Waals surface area contributed by atoms with Gasteiger partial charge in [-0.05, 0) is 0 Å². The lowest BCUT2D eigenvalue weighted by atomic mass is 10.3. The highest BCUT2D eigenvalue weighted by Crippen LogP contribution is 1.93. The molecule has 0 aliphatic heterocycles. The minimum Gasteiger partial charge on any atom is -0.377 e. The first-order valence-electron chi connectivity index (χ1n) is 8.94. The molecule has 0 saturated heterocycles. The molecule has 162 valence electrons. The molecule has 1 unspecified atom stereocenters. The first-order chi connectivity index (χ1) is 13.3. The number of nitrogens with two attached hydrogens (primary N) is 2. The topological polar surface area (TPSA) is 166 Å². The number of nitrogens with zero attached hydrogens (tertiary/aromatic N) is 1. The number of thiol groups is 1. The summed E-state index contributed by atoms with van der Waals surface area (Å²) in [5.74, 6) is -1.20. The van der Waals surface area contributed by atoms with Crippen molar-refractivity contribution in [2.24, 2.45) is 11.5 Å². The van der Waals surface area contributed by atoms with E-state index in [1.165, 1.54) is 4.90 Å². The fourth-order valence-corrected chi connectivity index (χ4v) is 2.10. The molecule has 0 radical (unpaired) electrons. The van der Waals surface area contributed by atoms with E-state index < -0.39 is 11.9 Å². The van der Waals surface area contributed by atoms with E-state index in [-0.39, 0.29) is 69.4 Å². The van der Waals surface area contributed by atoms with Gasteiger partial charge in [0.2, 0.25) is 23.6 Å². The van der Waals surface area contributed by atoms with E-state index in [4.69, 9.17) is 20.9 Å². The van der Waals surface area contributed by atoms with Gasteiger partial charge in [0.25, 0.3) is 0 Å². The van der Waals surface area contributed by atoms with Crippen LogP contribution in [0, 0.1) is 0 Å². The SMILES string of the molecule is CCC(=O)N(CCNC(=O)COCCOCCNC(=O)C(N)CS)CC(N)=O. The quantitative estimate of drug-likeness (QED) is 0.133. The molecular formula is C16H31N5O6S. The van der Waals surface area contributed by atoms with Gasteiger partial charge in [0.05, 0.1) is 32.4 Å². The number of carbonyl (C=O) groups is 4. The Hall–Kier alpha value is -1.89. The number of primary amides is 1. The molecule has 11 nitrogen and oxygen atoms in total. The Kier molecular flexibility index (Phi) is 15.0. The zero-order valence-electron chi connectivity index (χ0n) is 16.1. The van der Waals surface area contributed by atoms with Crippen LogP contribution in [0.2, 0.25) is 0 Å². The van der Waals surface area contributed by atoms with Crippen molar-refractivity contribution in [1.82, 2.24) is 15.5 Å². The van der Waals surface area contributed by atoms with Gasteiger partial charge >= 0.3 is 0 Å². The van der Waals surface area contributed by atoms with Gasteiger partial charge in [-0.25, -0.2) is 0 Å². The standard InChI is InChI=1S/C16H31N5O6S/c1-2-15(24)21(9-13(18)22)5-3-19-14(23)10-27-8-7-26-6-4-20-16(25)12(17)11-28/h12,28H,2-11,17H2,1H3,(H2,18,22)(H,19,23)(H,20,25). The van der Waals surface area contributed by atoms with Crippen LogP contribution in [0.4, 0.5) is 0 Å². The summed E-state index contributed by atoms with van der Waals surface area (Å²) >= 11 is 3.93. The highest BCUT2D eigenvalue weighted by molar-refractivity contribution is 7.80. The summed E-state index contributed by atoms with van der Waals surface area (Å²) in [6.45, 7) is 2.79. The minimum absolute atomic E-state index is 0.158. The normalized spacial score (nSPS) is 11.5. The van der Waals surface area contributed by atoms with Crippen LogP contribution in [0.1, 0.15) is 13.3 Å². The molecule has 4 amide bonds. The van der Waals surface area contributed by atoms with Crippen molar-refractivity contribution in [2.45, 2.75) is 19.4 Å².